The molecule has 0 aliphatic rings. The largest absolute Gasteiger partial charge is 0.370 e. The minimum Gasteiger partial charge on any atom is -0.370 e. The first-order valence-electron chi connectivity index (χ1n) is 7.82. The van der Waals surface area contributed by atoms with Gasteiger partial charge in [-0.3, -0.25) is 19.4 Å². The summed E-state index contributed by atoms with van der Waals surface area (Å²) in [6, 6.07) is 7.59. The van der Waals surface area contributed by atoms with E-state index in [1.54, 1.807) is 30.5 Å². The molecule has 0 aliphatic heterocycles. The maximum Gasteiger partial charge on any atom is 0.251 e. The number of aromatic nitrogens is 1. The molecule has 2 aromatic rings. The number of fused-ring (bicyclic) bond motifs is 1. The summed E-state index contributed by atoms with van der Waals surface area (Å²) in [5.41, 5.74) is 15.2. The van der Waals surface area contributed by atoms with Crippen molar-refractivity contribution >= 4 is 28.6 Å². The maximum absolute atomic E-state index is 12.2. The summed E-state index contributed by atoms with van der Waals surface area (Å²) < 4.78 is 0. The van der Waals surface area contributed by atoms with Crippen LogP contribution in [0.2, 0.25) is 0 Å². The number of nitrogens with zero attached hydrogens (tertiary/aromatic N) is 1. The van der Waals surface area contributed by atoms with Crippen LogP contribution in [-0.4, -0.2) is 49.9 Å². The zero-order chi connectivity index (χ0) is 20.1. The molecule has 0 bridgehead atoms. The topological polar surface area (TPSA) is 166 Å². The molecule has 8 N–H and O–H groups in total. The smallest absolute Gasteiger partial charge is 0.251 e. The fraction of sp³-hybridized carbons (Fsp3) is 0.294. The number of hydrogen-bond acceptors (Lipinski definition) is 6. The second kappa shape index (κ2) is 12.3. The molecule has 0 unspecified atom stereocenters. The first kappa shape index (κ1) is 23.0. The lowest BCUT2D eigenvalue weighted by Gasteiger charge is -2.15. The van der Waals surface area contributed by atoms with E-state index in [9.17, 15) is 14.4 Å². The molecule has 0 fully saturated rings. The van der Waals surface area contributed by atoms with E-state index >= 15 is 0 Å². The summed E-state index contributed by atoms with van der Waals surface area (Å²) in [5.74, 6) is -1.60. The fourth-order valence-electron chi connectivity index (χ4n) is 2.04. The van der Waals surface area contributed by atoms with E-state index in [1.165, 1.54) is 21.1 Å². The van der Waals surface area contributed by atoms with Crippen LogP contribution in [0, 0.1) is 0 Å². The van der Waals surface area contributed by atoms with Crippen LogP contribution in [0.4, 0.5) is 0 Å². The van der Waals surface area contributed by atoms with Crippen LogP contribution in [0.5, 0.6) is 0 Å². The van der Waals surface area contributed by atoms with Gasteiger partial charge in [-0.05, 0) is 38.4 Å². The van der Waals surface area contributed by atoms with E-state index in [1.807, 2.05) is 6.07 Å². The van der Waals surface area contributed by atoms with Crippen LogP contribution < -0.4 is 27.8 Å². The minimum atomic E-state index is -1.00. The van der Waals surface area contributed by atoms with E-state index in [2.05, 4.69) is 27.1 Å². The van der Waals surface area contributed by atoms with Gasteiger partial charge in [-0.15, -0.1) is 0 Å². The van der Waals surface area contributed by atoms with E-state index < -0.39 is 23.8 Å². The standard InChI is InChI=1S/C15H16N4O3.2CH5N/c1-17-15(22)12(8-13(16)20)19-14(21)10-4-5-11-9(7-10)3-2-6-18-11;2*1-2/h2-7,12H,8H2,1H3,(H2,16,20)(H,17,22)(H,19,21);2*2H2,1H3/t12-;;/m0../s1. The van der Waals surface area contributed by atoms with Crippen molar-refractivity contribution in [3.8, 4) is 0 Å². The highest BCUT2D eigenvalue weighted by molar-refractivity contribution is 6.01. The summed E-state index contributed by atoms with van der Waals surface area (Å²) in [6.07, 6.45) is 1.40. The lowest BCUT2D eigenvalue weighted by atomic mass is 10.1. The summed E-state index contributed by atoms with van der Waals surface area (Å²) in [6.45, 7) is 0. The summed E-state index contributed by atoms with van der Waals surface area (Å²) >= 11 is 0. The Labute approximate surface area is 152 Å². The Morgan fingerprint density at radius 1 is 1.12 bits per heavy atom. The first-order chi connectivity index (χ1) is 12.5. The van der Waals surface area contributed by atoms with E-state index in [-0.39, 0.29) is 6.42 Å². The fourth-order valence-corrected chi connectivity index (χ4v) is 2.04. The average Bonchev–Trinajstić information content (AvgIpc) is 2.69. The Balaban J connectivity index is 0.00000146. The quantitative estimate of drug-likeness (QED) is 0.462. The Morgan fingerprint density at radius 3 is 2.35 bits per heavy atom. The van der Waals surface area contributed by atoms with Crippen molar-refractivity contribution in [3.05, 3.63) is 42.1 Å². The summed E-state index contributed by atoms with van der Waals surface area (Å²) in [4.78, 5) is 39.1. The van der Waals surface area contributed by atoms with Gasteiger partial charge in [0.25, 0.3) is 5.91 Å². The Morgan fingerprint density at radius 2 is 1.77 bits per heavy atom. The van der Waals surface area contributed by atoms with Gasteiger partial charge in [-0.1, -0.05) is 6.07 Å². The van der Waals surface area contributed by atoms with Crippen LogP contribution in [0.15, 0.2) is 36.5 Å². The van der Waals surface area contributed by atoms with Gasteiger partial charge in [0, 0.05) is 24.2 Å². The molecular weight excluding hydrogens is 336 g/mol. The zero-order valence-corrected chi connectivity index (χ0v) is 15.2. The number of pyridine rings is 1. The molecule has 9 heteroatoms. The Bertz CT molecular complexity index is 735. The number of carbonyl (C=O) groups is 3. The van der Waals surface area contributed by atoms with Crippen LogP contribution in [0.3, 0.4) is 0 Å². The molecule has 0 saturated carbocycles. The predicted molar refractivity (Wildman–Crippen MR) is 101 cm³/mol. The lowest BCUT2D eigenvalue weighted by molar-refractivity contribution is -0.126. The molecule has 2 rings (SSSR count). The van der Waals surface area contributed by atoms with Gasteiger partial charge in [0.2, 0.25) is 11.8 Å². The second-order valence-electron chi connectivity index (χ2n) is 4.72. The third-order valence-corrected chi connectivity index (χ3v) is 3.14. The van der Waals surface area contributed by atoms with Gasteiger partial charge >= 0.3 is 0 Å². The highest BCUT2D eigenvalue weighted by atomic mass is 16.2. The molecule has 26 heavy (non-hydrogen) atoms. The van der Waals surface area contributed by atoms with E-state index in [0.29, 0.717) is 5.56 Å². The lowest BCUT2D eigenvalue weighted by Crippen LogP contribution is -2.47. The molecule has 1 aromatic heterocycles. The molecule has 0 spiro atoms. The first-order valence-corrected chi connectivity index (χ1v) is 7.82. The highest BCUT2D eigenvalue weighted by Gasteiger charge is 2.22. The number of nitrogens with one attached hydrogen (secondary N) is 2. The zero-order valence-electron chi connectivity index (χ0n) is 15.2. The van der Waals surface area contributed by atoms with Crippen molar-refractivity contribution in [1.82, 2.24) is 15.6 Å². The number of likely N-dealkylation sites (N-methyl/N-ethyl adjacent to an activating group) is 1. The van der Waals surface area contributed by atoms with Crippen molar-refractivity contribution in [2.75, 3.05) is 21.1 Å². The predicted octanol–water partition coefficient (Wildman–Crippen LogP) is -0.896. The highest BCUT2D eigenvalue weighted by Crippen LogP contribution is 2.13. The van der Waals surface area contributed by atoms with Crippen molar-refractivity contribution in [2.45, 2.75) is 12.5 Å². The van der Waals surface area contributed by atoms with Gasteiger partial charge in [0.1, 0.15) is 6.04 Å². The van der Waals surface area contributed by atoms with Gasteiger partial charge < -0.3 is 27.8 Å². The molecule has 1 heterocycles. The summed E-state index contributed by atoms with van der Waals surface area (Å²) in [7, 11) is 4.42. The third kappa shape index (κ3) is 6.83. The molecule has 9 nitrogen and oxygen atoms in total. The van der Waals surface area contributed by atoms with Crippen LogP contribution in [-0.2, 0) is 9.59 Å². The number of carbonyl (C=O) groups excluding carboxylic acids is 3. The number of benzene rings is 1. The summed E-state index contributed by atoms with van der Waals surface area (Å²) in [5, 5.41) is 5.70. The number of rotatable bonds is 5. The third-order valence-electron chi connectivity index (χ3n) is 3.14. The number of primary amides is 1. The van der Waals surface area contributed by atoms with Crippen molar-refractivity contribution in [2.24, 2.45) is 17.2 Å². The number of amides is 3. The van der Waals surface area contributed by atoms with Crippen molar-refractivity contribution in [3.63, 3.8) is 0 Å². The van der Waals surface area contributed by atoms with Gasteiger partial charge in [-0.2, -0.15) is 0 Å². The SMILES string of the molecule is CN.CN.CNC(=O)[C@H](CC(N)=O)NC(=O)c1ccc2ncccc2c1. The molecule has 0 saturated heterocycles. The number of hydrogen-bond donors (Lipinski definition) is 5. The van der Waals surface area contributed by atoms with Crippen LogP contribution in [0.1, 0.15) is 16.8 Å². The van der Waals surface area contributed by atoms with Crippen molar-refractivity contribution < 1.29 is 14.4 Å². The molecule has 0 aliphatic carbocycles. The molecule has 0 radical (unpaired) electrons. The molecule has 142 valence electrons. The van der Waals surface area contributed by atoms with Crippen LogP contribution in [0.25, 0.3) is 10.9 Å². The van der Waals surface area contributed by atoms with Gasteiger partial charge in [0.05, 0.1) is 11.9 Å². The average molecular weight is 362 g/mol. The second-order valence-corrected chi connectivity index (χ2v) is 4.72. The monoisotopic (exact) mass is 362 g/mol. The molecule has 3 amide bonds. The van der Waals surface area contributed by atoms with E-state index in [0.717, 1.165) is 10.9 Å². The molecule has 1 atom stereocenters. The molecule has 1 aromatic carbocycles. The maximum atomic E-state index is 12.2. The Hall–Kier alpha value is -3.04. The van der Waals surface area contributed by atoms with Gasteiger partial charge in [0.15, 0.2) is 0 Å². The normalized spacial score (nSPS) is 10.3. The van der Waals surface area contributed by atoms with E-state index in [4.69, 9.17) is 5.73 Å². The molecular formula is C17H26N6O3. The van der Waals surface area contributed by atoms with Gasteiger partial charge in [-0.25, -0.2) is 0 Å². The Kier molecular flexibility index (Phi) is 10.9. The van der Waals surface area contributed by atoms with Crippen LogP contribution >= 0.6 is 0 Å². The van der Waals surface area contributed by atoms with Crippen molar-refractivity contribution in [1.29, 1.82) is 0 Å². The number of nitrogens with two attached hydrogens (primary N) is 3. The minimum absolute atomic E-state index is 0.263.